The minimum Gasteiger partial charge on any atom is -0.459 e. The third kappa shape index (κ3) is 2.64. The molecule has 19 heavy (non-hydrogen) atoms. The highest BCUT2D eigenvalue weighted by atomic mass is 79.9. The summed E-state index contributed by atoms with van der Waals surface area (Å²) < 4.78 is 11.6. The normalized spacial score (nSPS) is 39.3. The van der Waals surface area contributed by atoms with Crippen molar-refractivity contribution in [2.45, 2.75) is 68.5 Å². The number of carbonyl (C=O) groups is 1. The fraction of sp³-hybridized carbons (Fsp3) is 0.923. The topological polar surface area (TPSA) is 55.8 Å². The molecule has 110 valence electrons. The summed E-state index contributed by atoms with van der Waals surface area (Å²) in [4.78, 5) is 11.8. The summed E-state index contributed by atoms with van der Waals surface area (Å²) in [5.41, 5.74) is 0. The molecule has 1 heterocycles. The van der Waals surface area contributed by atoms with Gasteiger partial charge >= 0.3 is 5.97 Å². The fourth-order valence-electron chi connectivity index (χ4n) is 2.45. The summed E-state index contributed by atoms with van der Waals surface area (Å²) in [6.07, 6.45) is -0.667. The van der Waals surface area contributed by atoms with Crippen LogP contribution in [0.2, 0.25) is 18.1 Å². The van der Waals surface area contributed by atoms with Gasteiger partial charge in [-0.15, -0.1) is 0 Å². The number of hydrogen-bond acceptors (Lipinski definition) is 4. The van der Waals surface area contributed by atoms with Crippen molar-refractivity contribution in [1.82, 2.24) is 0 Å². The molecule has 6 heteroatoms. The van der Waals surface area contributed by atoms with Crippen molar-refractivity contribution in [2.75, 3.05) is 0 Å². The molecule has 2 aliphatic rings. The van der Waals surface area contributed by atoms with Gasteiger partial charge in [0.1, 0.15) is 12.2 Å². The van der Waals surface area contributed by atoms with Crippen molar-refractivity contribution in [2.24, 2.45) is 5.92 Å². The molecule has 5 atom stereocenters. The number of rotatable bonds is 2. The summed E-state index contributed by atoms with van der Waals surface area (Å²) in [6, 6.07) is 0. The van der Waals surface area contributed by atoms with E-state index in [0.29, 0.717) is 6.42 Å². The molecular formula is C13H23BrO4Si. The van der Waals surface area contributed by atoms with Crippen molar-refractivity contribution < 1.29 is 19.1 Å². The minimum atomic E-state index is -2.01. The van der Waals surface area contributed by atoms with Crippen molar-refractivity contribution in [3.8, 4) is 0 Å². The summed E-state index contributed by atoms with van der Waals surface area (Å²) in [5, 5.41) is 9.94. The molecule has 1 aliphatic heterocycles. The van der Waals surface area contributed by atoms with Gasteiger partial charge in [-0.05, 0) is 24.6 Å². The zero-order valence-electron chi connectivity index (χ0n) is 12.1. The molecule has 0 aromatic rings. The van der Waals surface area contributed by atoms with Gasteiger partial charge in [-0.1, -0.05) is 36.7 Å². The van der Waals surface area contributed by atoms with Crippen LogP contribution in [0.1, 0.15) is 27.2 Å². The first-order valence-corrected chi connectivity index (χ1v) is 10.6. The first-order valence-electron chi connectivity index (χ1n) is 6.75. The molecule has 0 aromatic carbocycles. The van der Waals surface area contributed by atoms with E-state index in [1.165, 1.54) is 0 Å². The lowest BCUT2D eigenvalue weighted by Gasteiger charge is -2.38. The number of hydrogen-bond donors (Lipinski definition) is 1. The standard InChI is InChI=1S/C13H23BrO4Si/c1-13(2,3)19(4,5)18-11-7-6-8(15)9(14)10(7)17-12(11)16/h7-11,15H,6H2,1-5H3/t7-,8+,9-,10-,11+/m1/s1. The largest absolute Gasteiger partial charge is 0.459 e. The van der Waals surface area contributed by atoms with Crippen molar-refractivity contribution >= 4 is 30.2 Å². The third-order valence-electron chi connectivity index (χ3n) is 4.72. The monoisotopic (exact) mass is 350 g/mol. The van der Waals surface area contributed by atoms with Gasteiger partial charge in [0.2, 0.25) is 0 Å². The summed E-state index contributed by atoms with van der Waals surface area (Å²) in [5.74, 6) is -0.294. The van der Waals surface area contributed by atoms with Crippen LogP contribution in [0.5, 0.6) is 0 Å². The Morgan fingerprint density at radius 1 is 1.42 bits per heavy atom. The van der Waals surface area contributed by atoms with E-state index in [2.05, 4.69) is 49.8 Å². The van der Waals surface area contributed by atoms with E-state index in [9.17, 15) is 9.90 Å². The van der Waals surface area contributed by atoms with Crippen molar-refractivity contribution in [1.29, 1.82) is 0 Å². The van der Waals surface area contributed by atoms with Crippen molar-refractivity contribution in [3.05, 3.63) is 0 Å². The van der Waals surface area contributed by atoms with Gasteiger partial charge in [-0.2, -0.15) is 0 Å². The van der Waals surface area contributed by atoms with Gasteiger partial charge in [0.15, 0.2) is 8.32 Å². The second-order valence-corrected chi connectivity index (χ2v) is 12.9. The van der Waals surface area contributed by atoms with E-state index in [1.807, 2.05) is 0 Å². The Labute approximate surface area is 124 Å². The SMILES string of the molecule is CC(C)(C)[Si](C)(C)O[C@@H]1C(=O)O[C@H]2[C@H](Br)[C@@H](O)C[C@H]21. The summed E-state index contributed by atoms with van der Waals surface area (Å²) >= 11 is 3.41. The zero-order chi connectivity index (χ0) is 14.6. The Morgan fingerprint density at radius 2 is 2.00 bits per heavy atom. The maximum atomic E-state index is 12.0. The van der Waals surface area contributed by atoms with Crippen LogP contribution in [0, 0.1) is 5.92 Å². The molecule has 1 saturated heterocycles. The Morgan fingerprint density at radius 3 is 2.53 bits per heavy atom. The van der Waals surface area contributed by atoms with Gasteiger partial charge in [0, 0.05) is 5.92 Å². The van der Waals surface area contributed by atoms with Crippen LogP contribution in [0.15, 0.2) is 0 Å². The van der Waals surface area contributed by atoms with E-state index >= 15 is 0 Å². The highest BCUT2D eigenvalue weighted by Gasteiger charge is 2.57. The van der Waals surface area contributed by atoms with Crippen LogP contribution in [0.25, 0.3) is 0 Å². The number of aliphatic hydroxyl groups excluding tert-OH is 1. The molecule has 0 spiro atoms. The molecule has 0 aromatic heterocycles. The number of carbonyl (C=O) groups excluding carboxylic acids is 1. The fourth-order valence-corrected chi connectivity index (χ4v) is 4.43. The number of fused-ring (bicyclic) bond motifs is 1. The van der Waals surface area contributed by atoms with Crippen LogP contribution in [-0.4, -0.2) is 42.5 Å². The van der Waals surface area contributed by atoms with Crippen LogP contribution in [-0.2, 0) is 14.0 Å². The zero-order valence-corrected chi connectivity index (χ0v) is 14.7. The van der Waals surface area contributed by atoms with Crippen LogP contribution >= 0.6 is 15.9 Å². The molecule has 0 bridgehead atoms. The van der Waals surface area contributed by atoms with E-state index in [0.717, 1.165) is 0 Å². The third-order valence-corrected chi connectivity index (χ3v) is 10.3. The molecule has 0 amide bonds. The number of aliphatic hydroxyl groups is 1. The average molecular weight is 351 g/mol. The molecule has 1 aliphatic carbocycles. The Hall–Kier alpha value is 0.0869. The predicted molar refractivity (Wildman–Crippen MR) is 78.8 cm³/mol. The molecule has 2 rings (SSSR count). The van der Waals surface area contributed by atoms with Gasteiger partial charge in [0.05, 0.1) is 10.9 Å². The van der Waals surface area contributed by atoms with Crippen LogP contribution < -0.4 is 0 Å². The lowest BCUT2D eigenvalue weighted by Crippen LogP contribution is -2.46. The first-order chi connectivity index (χ1) is 8.54. The number of ether oxygens (including phenoxy) is 1. The second-order valence-electron chi connectivity index (χ2n) is 7.11. The summed E-state index contributed by atoms with van der Waals surface area (Å²) in [7, 11) is -2.01. The maximum absolute atomic E-state index is 12.0. The van der Waals surface area contributed by atoms with Gasteiger partial charge in [-0.25, -0.2) is 4.79 Å². The lowest BCUT2D eigenvalue weighted by molar-refractivity contribution is -0.147. The van der Waals surface area contributed by atoms with E-state index in [-0.39, 0.29) is 27.9 Å². The molecule has 1 saturated carbocycles. The van der Waals surface area contributed by atoms with E-state index < -0.39 is 20.5 Å². The van der Waals surface area contributed by atoms with E-state index in [4.69, 9.17) is 9.16 Å². The number of alkyl halides is 1. The molecule has 4 nitrogen and oxygen atoms in total. The average Bonchev–Trinajstić information content (AvgIpc) is 2.67. The van der Waals surface area contributed by atoms with Gasteiger partial charge in [-0.3, -0.25) is 0 Å². The highest BCUT2D eigenvalue weighted by Crippen LogP contribution is 2.45. The molecule has 0 radical (unpaired) electrons. The summed E-state index contributed by atoms with van der Waals surface area (Å²) in [6.45, 7) is 10.7. The first kappa shape index (κ1) is 15.5. The van der Waals surface area contributed by atoms with Gasteiger partial charge < -0.3 is 14.3 Å². The maximum Gasteiger partial charge on any atom is 0.334 e. The number of halogens is 1. The Bertz CT molecular complexity index is 379. The van der Waals surface area contributed by atoms with Gasteiger partial charge in [0.25, 0.3) is 0 Å². The Kier molecular flexibility index (Phi) is 3.93. The number of esters is 1. The van der Waals surface area contributed by atoms with Crippen molar-refractivity contribution in [3.63, 3.8) is 0 Å². The predicted octanol–water partition coefficient (Wildman–Crippen LogP) is 2.45. The lowest BCUT2D eigenvalue weighted by atomic mass is 10.0. The van der Waals surface area contributed by atoms with E-state index in [1.54, 1.807) is 0 Å². The molecule has 1 N–H and O–H groups in total. The Balaban J connectivity index is 2.15. The minimum absolute atomic E-state index is 0.0269. The second kappa shape index (κ2) is 4.82. The smallest absolute Gasteiger partial charge is 0.334 e. The highest BCUT2D eigenvalue weighted by molar-refractivity contribution is 9.09. The molecule has 2 fully saturated rings. The molecular weight excluding hydrogens is 328 g/mol. The van der Waals surface area contributed by atoms with Crippen LogP contribution in [0.4, 0.5) is 0 Å². The van der Waals surface area contributed by atoms with Crippen LogP contribution in [0.3, 0.4) is 0 Å². The molecule has 0 unspecified atom stereocenters. The quantitative estimate of drug-likeness (QED) is 0.472.